The zero-order valence-corrected chi connectivity index (χ0v) is 11.2. The standard InChI is InChI=1S/C15H15FN2O2/c1-9-3-4-11(7-13(9)16)20-14-8-10(19-2)5-6-12(14)15(17)18/h3-8H,1-2H3,(H3,17,18). The number of hydrogen-bond donors (Lipinski definition) is 2. The second-order valence-corrected chi connectivity index (χ2v) is 4.29. The van der Waals surface area contributed by atoms with Gasteiger partial charge >= 0.3 is 0 Å². The summed E-state index contributed by atoms with van der Waals surface area (Å²) >= 11 is 0. The summed E-state index contributed by atoms with van der Waals surface area (Å²) < 4.78 is 24.2. The molecule has 0 spiro atoms. The number of nitrogens with two attached hydrogens (primary N) is 1. The number of halogens is 1. The Morgan fingerprint density at radius 1 is 1.15 bits per heavy atom. The van der Waals surface area contributed by atoms with E-state index in [1.807, 2.05) is 0 Å². The molecule has 0 radical (unpaired) electrons. The molecule has 3 N–H and O–H groups in total. The number of amidine groups is 1. The van der Waals surface area contributed by atoms with Gasteiger partial charge in [0.2, 0.25) is 0 Å². The van der Waals surface area contributed by atoms with Crippen molar-refractivity contribution in [2.24, 2.45) is 5.73 Å². The fourth-order valence-electron chi connectivity index (χ4n) is 1.70. The van der Waals surface area contributed by atoms with Gasteiger partial charge in [0.05, 0.1) is 12.7 Å². The molecule has 2 aromatic rings. The Morgan fingerprint density at radius 2 is 1.85 bits per heavy atom. The van der Waals surface area contributed by atoms with E-state index in [0.717, 1.165) is 0 Å². The third kappa shape index (κ3) is 2.88. The molecular weight excluding hydrogens is 259 g/mol. The number of methoxy groups -OCH3 is 1. The van der Waals surface area contributed by atoms with E-state index in [1.165, 1.54) is 13.2 Å². The monoisotopic (exact) mass is 274 g/mol. The van der Waals surface area contributed by atoms with Gasteiger partial charge in [0, 0.05) is 12.1 Å². The van der Waals surface area contributed by atoms with E-state index < -0.39 is 0 Å². The van der Waals surface area contributed by atoms with Crippen molar-refractivity contribution in [1.82, 2.24) is 0 Å². The number of rotatable bonds is 4. The second kappa shape index (κ2) is 5.61. The van der Waals surface area contributed by atoms with Crippen LogP contribution in [-0.4, -0.2) is 12.9 Å². The summed E-state index contributed by atoms with van der Waals surface area (Å²) in [6.45, 7) is 1.67. The van der Waals surface area contributed by atoms with E-state index in [0.29, 0.717) is 28.4 Å². The third-order valence-electron chi connectivity index (χ3n) is 2.85. The Labute approximate surface area is 116 Å². The zero-order chi connectivity index (χ0) is 14.7. The fourth-order valence-corrected chi connectivity index (χ4v) is 1.70. The molecule has 0 aliphatic heterocycles. The summed E-state index contributed by atoms with van der Waals surface area (Å²) in [5.41, 5.74) is 6.46. The number of hydrogen-bond acceptors (Lipinski definition) is 3. The SMILES string of the molecule is COc1ccc(C(=N)N)c(Oc2ccc(C)c(F)c2)c1. The van der Waals surface area contributed by atoms with Gasteiger partial charge in [0.25, 0.3) is 0 Å². The van der Waals surface area contributed by atoms with E-state index in [4.69, 9.17) is 20.6 Å². The first kappa shape index (κ1) is 13.9. The summed E-state index contributed by atoms with van der Waals surface area (Å²) in [6.07, 6.45) is 0. The Morgan fingerprint density at radius 3 is 2.45 bits per heavy atom. The summed E-state index contributed by atoms with van der Waals surface area (Å²) in [6, 6.07) is 9.48. The van der Waals surface area contributed by atoms with Crippen LogP contribution >= 0.6 is 0 Å². The first-order valence-electron chi connectivity index (χ1n) is 5.97. The average molecular weight is 274 g/mol. The van der Waals surface area contributed by atoms with Gasteiger partial charge in [-0.25, -0.2) is 4.39 Å². The van der Waals surface area contributed by atoms with Crippen molar-refractivity contribution in [2.75, 3.05) is 7.11 Å². The molecule has 0 atom stereocenters. The Hall–Kier alpha value is -2.56. The van der Waals surface area contributed by atoms with Crippen LogP contribution in [0.15, 0.2) is 36.4 Å². The lowest BCUT2D eigenvalue weighted by Gasteiger charge is -2.12. The maximum absolute atomic E-state index is 13.5. The quantitative estimate of drug-likeness (QED) is 0.664. The van der Waals surface area contributed by atoms with E-state index in [9.17, 15) is 4.39 Å². The van der Waals surface area contributed by atoms with Gasteiger partial charge in [-0.2, -0.15) is 0 Å². The molecule has 0 bridgehead atoms. The van der Waals surface area contributed by atoms with Gasteiger partial charge in [-0.3, -0.25) is 5.41 Å². The molecule has 0 fully saturated rings. The lowest BCUT2D eigenvalue weighted by molar-refractivity contribution is 0.408. The van der Waals surface area contributed by atoms with Crippen molar-refractivity contribution in [3.05, 3.63) is 53.3 Å². The highest BCUT2D eigenvalue weighted by atomic mass is 19.1. The van der Waals surface area contributed by atoms with Crippen LogP contribution in [0.1, 0.15) is 11.1 Å². The van der Waals surface area contributed by atoms with E-state index in [1.54, 1.807) is 37.3 Å². The maximum Gasteiger partial charge on any atom is 0.142 e. The smallest absolute Gasteiger partial charge is 0.142 e. The number of aryl methyl sites for hydroxylation is 1. The molecule has 5 heteroatoms. The summed E-state index contributed by atoms with van der Waals surface area (Å²) in [5.74, 6) is 0.770. The molecule has 2 rings (SSSR count). The van der Waals surface area contributed by atoms with Crippen LogP contribution in [0.25, 0.3) is 0 Å². The first-order chi connectivity index (χ1) is 9.51. The van der Waals surface area contributed by atoms with Crippen molar-refractivity contribution in [3.63, 3.8) is 0 Å². The second-order valence-electron chi connectivity index (χ2n) is 4.29. The van der Waals surface area contributed by atoms with Crippen LogP contribution in [0.5, 0.6) is 17.2 Å². The number of benzene rings is 2. The predicted molar refractivity (Wildman–Crippen MR) is 75.2 cm³/mol. The highest BCUT2D eigenvalue weighted by molar-refractivity contribution is 5.97. The van der Waals surface area contributed by atoms with Crippen molar-refractivity contribution in [3.8, 4) is 17.2 Å². The van der Waals surface area contributed by atoms with Crippen LogP contribution in [-0.2, 0) is 0 Å². The van der Waals surface area contributed by atoms with Crippen LogP contribution in [0.3, 0.4) is 0 Å². The highest BCUT2D eigenvalue weighted by Gasteiger charge is 2.10. The first-order valence-corrected chi connectivity index (χ1v) is 5.97. The van der Waals surface area contributed by atoms with Crippen LogP contribution in [0, 0.1) is 18.2 Å². The molecule has 20 heavy (non-hydrogen) atoms. The predicted octanol–water partition coefficient (Wildman–Crippen LogP) is 3.22. The van der Waals surface area contributed by atoms with Crippen LogP contribution < -0.4 is 15.2 Å². The van der Waals surface area contributed by atoms with Crippen molar-refractivity contribution in [2.45, 2.75) is 6.92 Å². The zero-order valence-electron chi connectivity index (χ0n) is 11.2. The molecule has 0 saturated carbocycles. The minimum atomic E-state index is -0.352. The average Bonchev–Trinajstić information content (AvgIpc) is 2.42. The van der Waals surface area contributed by atoms with Gasteiger partial charge in [0.15, 0.2) is 0 Å². The van der Waals surface area contributed by atoms with E-state index in [2.05, 4.69) is 0 Å². The number of nitrogen functional groups attached to an aromatic ring is 1. The molecule has 0 aliphatic carbocycles. The Kier molecular flexibility index (Phi) is 3.89. The molecule has 0 amide bonds. The molecule has 4 nitrogen and oxygen atoms in total. The van der Waals surface area contributed by atoms with Crippen molar-refractivity contribution < 1.29 is 13.9 Å². The molecule has 104 valence electrons. The van der Waals surface area contributed by atoms with Gasteiger partial charge in [-0.1, -0.05) is 6.07 Å². The summed E-state index contributed by atoms with van der Waals surface area (Å²) in [4.78, 5) is 0. The molecule has 0 aliphatic rings. The van der Waals surface area contributed by atoms with Crippen molar-refractivity contribution in [1.29, 1.82) is 5.41 Å². The molecule has 0 aromatic heterocycles. The lowest BCUT2D eigenvalue weighted by atomic mass is 10.1. The van der Waals surface area contributed by atoms with Gasteiger partial charge in [-0.15, -0.1) is 0 Å². The maximum atomic E-state index is 13.5. The largest absolute Gasteiger partial charge is 0.497 e. The Balaban J connectivity index is 2.40. The van der Waals surface area contributed by atoms with E-state index >= 15 is 0 Å². The normalized spacial score (nSPS) is 10.2. The third-order valence-corrected chi connectivity index (χ3v) is 2.85. The van der Waals surface area contributed by atoms with Gasteiger partial charge in [-0.05, 0) is 30.7 Å². The molecule has 0 heterocycles. The fraction of sp³-hybridized carbons (Fsp3) is 0.133. The minimum Gasteiger partial charge on any atom is -0.497 e. The number of ether oxygens (including phenoxy) is 2. The topological polar surface area (TPSA) is 68.3 Å². The van der Waals surface area contributed by atoms with Gasteiger partial charge < -0.3 is 15.2 Å². The summed E-state index contributed by atoms with van der Waals surface area (Å²) in [5, 5.41) is 7.53. The lowest BCUT2D eigenvalue weighted by Crippen LogP contribution is -2.12. The minimum absolute atomic E-state index is 0.129. The summed E-state index contributed by atoms with van der Waals surface area (Å²) in [7, 11) is 1.53. The molecular formula is C15H15FN2O2. The molecule has 0 unspecified atom stereocenters. The number of nitrogens with one attached hydrogen (secondary N) is 1. The Bertz CT molecular complexity index is 656. The van der Waals surface area contributed by atoms with E-state index in [-0.39, 0.29) is 11.7 Å². The van der Waals surface area contributed by atoms with Crippen LogP contribution in [0.2, 0.25) is 0 Å². The molecule has 2 aromatic carbocycles. The van der Waals surface area contributed by atoms with Crippen LogP contribution in [0.4, 0.5) is 4.39 Å². The highest BCUT2D eigenvalue weighted by Crippen LogP contribution is 2.30. The van der Waals surface area contributed by atoms with Gasteiger partial charge in [0.1, 0.15) is 28.9 Å². The molecule has 0 saturated heterocycles. The van der Waals surface area contributed by atoms with Crippen molar-refractivity contribution >= 4 is 5.84 Å².